The van der Waals surface area contributed by atoms with Crippen LogP contribution in [0.5, 0.6) is 0 Å². The van der Waals surface area contributed by atoms with Crippen LogP contribution in [-0.2, 0) is 4.79 Å². The van der Waals surface area contributed by atoms with E-state index in [0.29, 0.717) is 0 Å². The Morgan fingerprint density at radius 3 is 2.70 bits per heavy atom. The summed E-state index contributed by atoms with van der Waals surface area (Å²) >= 11 is 0. The summed E-state index contributed by atoms with van der Waals surface area (Å²) in [5.74, 6) is 0. The molecule has 60 valence electrons. The van der Waals surface area contributed by atoms with Gasteiger partial charge >= 0.3 is 0 Å². The van der Waals surface area contributed by atoms with Crippen molar-refractivity contribution in [3.63, 3.8) is 0 Å². The summed E-state index contributed by atoms with van der Waals surface area (Å²) in [5.41, 5.74) is 0. The van der Waals surface area contributed by atoms with Crippen LogP contribution in [0.1, 0.15) is 33.1 Å². The molecule has 0 radical (unpaired) electrons. The maximum atomic E-state index is 10.1. The zero-order valence-electron chi connectivity index (χ0n) is 6.89. The van der Waals surface area contributed by atoms with E-state index in [0.717, 1.165) is 12.8 Å². The summed E-state index contributed by atoms with van der Waals surface area (Å²) in [6.07, 6.45) is 4.59. The molecule has 0 saturated heterocycles. The van der Waals surface area contributed by atoms with Gasteiger partial charge in [-0.1, -0.05) is 19.8 Å². The highest BCUT2D eigenvalue weighted by atomic mass is 16.1. The van der Waals surface area contributed by atoms with Crippen molar-refractivity contribution in [1.29, 1.82) is 0 Å². The first-order valence-corrected chi connectivity index (χ1v) is 4.00. The molecular formula is C8H17NO. The van der Waals surface area contributed by atoms with Crippen LogP contribution in [0.2, 0.25) is 0 Å². The fourth-order valence-corrected chi connectivity index (χ4v) is 0.753. The summed E-state index contributed by atoms with van der Waals surface area (Å²) in [4.78, 5) is 10.1. The van der Waals surface area contributed by atoms with Crippen molar-refractivity contribution in [2.75, 3.05) is 6.54 Å². The summed E-state index contributed by atoms with van der Waals surface area (Å²) in [6, 6.07) is 0.0249. The predicted octanol–water partition coefficient (Wildman–Crippen LogP) is 1.35. The number of hydrogen-bond acceptors (Lipinski definition) is 2. The lowest BCUT2D eigenvalue weighted by Crippen LogP contribution is -2.27. The highest BCUT2D eigenvalue weighted by Gasteiger charge is 1.94. The van der Waals surface area contributed by atoms with E-state index >= 15 is 0 Å². The normalized spacial score (nSPS) is 13.0. The summed E-state index contributed by atoms with van der Waals surface area (Å²) in [7, 11) is 0. The van der Waals surface area contributed by atoms with Crippen molar-refractivity contribution < 1.29 is 4.79 Å². The number of nitrogens with one attached hydrogen (secondary N) is 1. The first-order valence-electron chi connectivity index (χ1n) is 4.00. The van der Waals surface area contributed by atoms with Gasteiger partial charge in [-0.15, -0.1) is 0 Å². The number of carbonyl (C=O) groups is 1. The summed E-state index contributed by atoms with van der Waals surface area (Å²) < 4.78 is 0. The fourth-order valence-electron chi connectivity index (χ4n) is 0.753. The van der Waals surface area contributed by atoms with Crippen LogP contribution >= 0.6 is 0 Å². The molecule has 2 heteroatoms. The van der Waals surface area contributed by atoms with Gasteiger partial charge in [-0.2, -0.15) is 0 Å². The molecule has 2 nitrogen and oxygen atoms in total. The monoisotopic (exact) mass is 143 g/mol. The van der Waals surface area contributed by atoms with Crippen LogP contribution in [-0.4, -0.2) is 18.9 Å². The molecule has 0 aliphatic heterocycles. The van der Waals surface area contributed by atoms with Crippen LogP contribution < -0.4 is 5.32 Å². The van der Waals surface area contributed by atoms with E-state index < -0.39 is 0 Å². The molecule has 0 aromatic carbocycles. The van der Waals surface area contributed by atoms with E-state index in [1.165, 1.54) is 19.3 Å². The molecule has 0 fully saturated rings. The molecule has 0 aromatic rings. The second-order valence-corrected chi connectivity index (χ2v) is 2.59. The minimum absolute atomic E-state index is 0.0249. The molecule has 0 aromatic heterocycles. The molecule has 0 aliphatic carbocycles. The smallest absolute Gasteiger partial charge is 0.136 e. The van der Waals surface area contributed by atoms with E-state index in [1.807, 2.05) is 6.92 Å². The zero-order chi connectivity index (χ0) is 7.82. The number of aldehydes is 1. The Balaban J connectivity index is 2.95. The van der Waals surface area contributed by atoms with Gasteiger partial charge in [0, 0.05) is 0 Å². The lowest BCUT2D eigenvalue weighted by molar-refractivity contribution is -0.109. The fraction of sp³-hybridized carbons (Fsp3) is 0.875. The number of carbonyl (C=O) groups excluding carboxylic acids is 1. The van der Waals surface area contributed by atoms with Crippen molar-refractivity contribution in [2.45, 2.75) is 39.2 Å². The van der Waals surface area contributed by atoms with E-state index in [1.54, 1.807) is 0 Å². The first kappa shape index (κ1) is 9.63. The molecule has 0 unspecified atom stereocenters. The molecule has 0 rings (SSSR count). The van der Waals surface area contributed by atoms with Crippen molar-refractivity contribution in [3.8, 4) is 0 Å². The van der Waals surface area contributed by atoms with Gasteiger partial charge in [0.05, 0.1) is 6.04 Å². The molecule has 0 saturated carbocycles. The minimum Gasteiger partial charge on any atom is -0.308 e. The third kappa shape index (κ3) is 5.76. The van der Waals surface area contributed by atoms with Gasteiger partial charge in [-0.25, -0.2) is 0 Å². The molecule has 1 atom stereocenters. The molecular weight excluding hydrogens is 126 g/mol. The average molecular weight is 143 g/mol. The lowest BCUT2D eigenvalue weighted by atomic mass is 10.2. The second kappa shape index (κ2) is 6.75. The molecule has 0 amide bonds. The standard InChI is InChI=1S/C8H17NO/c1-3-4-5-6-9-8(2)7-10/h7-9H,3-6H2,1-2H3/t8-/m0/s1. The highest BCUT2D eigenvalue weighted by Crippen LogP contribution is 1.91. The Hall–Kier alpha value is -0.370. The maximum absolute atomic E-state index is 10.1. The van der Waals surface area contributed by atoms with E-state index in [2.05, 4.69) is 12.2 Å². The third-order valence-corrected chi connectivity index (χ3v) is 1.45. The Morgan fingerprint density at radius 1 is 1.50 bits per heavy atom. The van der Waals surface area contributed by atoms with Crippen molar-refractivity contribution in [2.24, 2.45) is 0 Å². The SMILES string of the molecule is CCCCCN[C@@H](C)C=O. The number of rotatable bonds is 6. The van der Waals surface area contributed by atoms with Gasteiger partial charge in [0.25, 0.3) is 0 Å². The Morgan fingerprint density at radius 2 is 2.20 bits per heavy atom. The van der Waals surface area contributed by atoms with Gasteiger partial charge in [0.1, 0.15) is 6.29 Å². The Labute approximate surface area is 63.0 Å². The van der Waals surface area contributed by atoms with Crippen LogP contribution in [0.25, 0.3) is 0 Å². The quantitative estimate of drug-likeness (QED) is 0.449. The summed E-state index contributed by atoms with van der Waals surface area (Å²) in [6.45, 7) is 5.01. The Bertz CT molecular complexity index is 83.3. The van der Waals surface area contributed by atoms with Crippen LogP contribution in [0.15, 0.2) is 0 Å². The zero-order valence-corrected chi connectivity index (χ0v) is 6.89. The Kier molecular flexibility index (Phi) is 6.50. The maximum Gasteiger partial charge on any atom is 0.136 e. The number of hydrogen-bond donors (Lipinski definition) is 1. The molecule has 0 aliphatic rings. The largest absolute Gasteiger partial charge is 0.308 e. The predicted molar refractivity (Wildman–Crippen MR) is 43.1 cm³/mol. The van der Waals surface area contributed by atoms with E-state index in [4.69, 9.17) is 0 Å². The van der Waals surface area contributed by atoms with Gasteiger partial charge in [-0.05, 0) is 19.9 Å². The molecule has 0 spiro atoms. The first-order chi connectivity index (χ1) is 4.81. The molecule has 1 N–H and O–H groups in total. The highest BCUT2D eigenvalue weighted by molar-refractivity contribution is 5.56. The molecule has 10 heavy (non-hydrogen) atoms. The van der Waals surface area contributed by atoms with E-state index in [-0.39, 0.29) is 6.04 Å². The number of unbranched alkanes of at least 4 members (excludes halogenated alkanes) is 2. The topological polar surface area (TPSA) is 29.1 Å². The summed E-state index contributed by atoms with van der Waals surface area (Å²) in [5, 5.41) is 3.10. The second-order valence-electron chi connectivity index (χ2n) is 2.59. The van der Waals surface area contributed by atoms with E-state index in [9.17, 15) is 4.79 Å². The van der Waals surface area contributed by atoms with Crippen molar-refractivity contribution in [1.82, 2.24) is 5.32 Å². The van der Waals surface area contributed by atoms with Gasteiger partial charge in [0.15, 0.2) is 0 Å². The molecule has 0 bridgehead atoms. The van der Waals surface area contributed by atoms with Crippen LogP contribution in [0.3, 0.4) is 0 Å². The van der Waals surface area contributed by atoms with Crippen LogP contribution in [0, 0.1) is 0 Å². The van der Waals surface area contributed by atoms with Crippen molar-refractivity contribution in [3.05, 3.63) is 0 Å². The lowest BCUT2D eigenvalue weighted by Gasteiger charge is -2.04. The third-order valence-electron chi connectivity index (χ3n) is 1.45. The van der Waals surface area contributed by atoms with Crippen molar-refractivity contribution >= 4 is 6.29 Å². The molecule has 0 heterocycles. The minimum atomic E-state index is 0.0249. The van der Waals surface area contributed by atoms with Gasteiger partial charge in [0.2, 0.25) is 0 Å². The van der Waals surface area contributed by atoms with Crippen LogP contribution in [0.4, 0.5) is 0 Å². The average Bonchev–Trinajstić information content (AvgIpc) is 1.98. The van der Waals surface area contributed by atoms with Gasteiger partial charge < -0.3 is 10.1 Å². The van der Waals surface area contributed by atoms with Gasteiger partial charge in [-0.3, -0.25) is 0 Å².